The molecule has 0 saturated heterocycles. The van der Waals surface area contributed by atoms with Gasteiger partial charge in [0.15, 0.2) is 5.69 Å². The van der Waals surface area contributed by atoms with Gasteiger partial charge >= 0.3 is 6.18 Å². The van der Waals surface area contributed by atoms with Crippen LogP contribution in [-0.2, 0) is 16.1 Å². The van der Waals surface area contributed by atoms with Crippen molar-refractivity contribution in [1.82, 2.24) is 20.4 Å². The third kappa shape index (κ3) is 6.63. The highest BCUT2D eigenvalue weighted by Crippen LogP contribution is 2.24. The number of aliphatic hydroxyl groups excluding tert-OH is 1. The molecule has 1 atom stereocenters. The van der Waals surface area contributed by atoms with Crippen molar-refractivity contribution in [3.8, 4) is 0 Å². The molecule has 0 bridgehead atoms. The number of alkyl halides is 3. The van der Waals surface area contributed by atoms with Crippen LogP contribution in [0, 0.1) is 11.2 Å². The van der Waals surface area contributed by atoms with E-state index in [0.717, 1.165) is 10.7 Å². The van der Waals surface area contributed by atoms with Gasteiger partial charge in [-0.15, -0.1) is 0 Å². The van der Waals surface area contributed by atoms with Crippen molar-refractivity contribution in [2.24, 2.45) is 5.41 Å². The highest BCUT2D eigenvalue weighted by atomic mass is 19.4. The average molecular weight is 462 g/mol. The number of aliphatic hydroxyl groups is 1. The predicted molar refractivity (Wildman–Crippen MR) is 107 cm³/mol. The van der Waals surface area contributed by atoms with Crippen LogP contribution in [0.3, 0.4) is 0 Å². The van der Waals surface area contributed by atoms with Crippen LogP contribution in [0.5, 0.6) is 0 Å². The average Bonchev–Trinajstić information content (AvgIpc) is 3.06. The number of rotatable bonds is 9. The van der Waals surface area contributed by atoms with E-state index in [0.29, 0.717) is 0 Å². The molecule has 12 heteroatoms. The zero-order valence-electron chi connectivity index (χ0n) is 17.9. The number of fused-ring (bicyclic) bond motifs is 1. The zero-order valence-corrected chi connectivity index (χ0v) is 17.9. The lowest BCUT2D eigenvalue weighted by atomic mass is 9.86. The normalized spacial score (nSPS) is 13.2. The fourth-order valence-electron chi connectivity index (χ4n) is 3.02. The minimum absolute atomic E-state index is 0.00196. The molecule has 0 aliphatic rings. The van der Waals surface area contributed by atoms with Crippen molar-refractivity contribution >= 4 is 22.7 Å². The molecule has 178 valence electrons. The van der Waals surface area contributed by atoms with Crippen molar-refractivity contribution in [3.63, 3.8) is 0 Å². The Balaban J connectivity index is 2.29. The number of carbonyl (C=O) groups excluding carboxylic acids is 2. The molecule has 1 heterocycles. The van der Waals surface area contributed by atoms with E-state index in [1.54, 1.807) is 20.8 Å². The van der Waals surface area contributed by atoms with Gasteiger partial charge in [-0.2, -0.15) is 18.3 Å². The Hall–Kier alpha value is -2.73. The van der Waals surface area contributed by atoms with Gasteiger partial charge in [0.1, 0.15) is 24.0 Å². The molecule has 0 fully saturated rings. The molecule has 1 unspecified atom stereocenters. The summed E-state index contributed by atoms with van der Waals surface area (Å²) in [5, 5.41) is 18.2. The maximum absolute atomic E-state index is 14.4. The van der Waals surface area contributed by atoms with Gasteiger partial charge in [0.05, 0.1) is 19.8 Å². The molecular weight excluding hydrogens is 436 g/mol. The first-order valence-corrected chi connectivity index (χ1v) is 9.84. The van der Waals surface area contributed by atoms with Crippen LogP contribution in [0.2, 0.25) is 0 Å². The number of nitrogens with zero attached hydrogens (tertiary/aromatic N) is 2. The van der Waals surface area contributed by atoms with E-state index in [1.807, 2.05) is 0 Å². The number of halogens is 4. The van der Waals surface area contributed by atoms with Crippen LogP contribution in [0.25, 0.3) is 10.9 Å². The number of benzene rings is 1. The largest absolute Gasteiger partial charge is 0.411 e. The third-order valence-electron chi connectivity index (χ3n) is 4.46. The second-order valence-corrected chi connectivity index (χ2v) is 8.16. The quantitative estimate of drug-likeness (QED) is 0.391. The van der Waals surface area contributed by atoms with E-state index < -0.39 is 48.5 Å². The smallest absolute Gasteiger partial charge is 0.395 e. The first kappa shape index (κ1) is 25.5. The summed E-state index contributed by atoms with van der Waals surface area (Å²) in [7, 11) is 0. The SMILES string of the molecule is CC(C)(C)C(NC(=O)c1nn(CCOCC(F)(F)F)c2c(F)cccc12)C(=O)NCCO. The molecular formula is C20H26F4N4O4. The molecule has 0 radical (unpaired) electrons. The molecule has 1 aromatic carbocycles. The molecule has 8 nitrogen and oxygen atoms in total. The molecule has 2 rings (SSSR count). The Morgan fingerprint density at radius 3 is 2.53 bits per heavy atom. The number of hydrogen-bond acceptors (Lipinski definition) is 5. The summed E-state index contributed by atoms with van der Waals surface area (Å²) < 4.78 is 56.8. The third-order valence-corrected chi connectivity index (χ3v) is 4.46. The Bertz CT molecular complexity index is 953. The minimum Gasteiger partial charge on any atom is -0.395 e. The standard InChI is InChI=1S/C20H26F4N4O4/c1-19(2,3)16(18(31)25-7-9-29)26-17(30)14-12-5-4-6-13(21)15(12)28(27-14)8-10-32-11-20(22,23)24/h4-6,16,29H,7-11H2,1-3H3,(H,25,31)(H,26,30). The summed E-state index contributed by atoms with van der Waals surface area (Å²) in [5.41, 5.74) is -0.950. The summed E-state index contributed by atoms with van der Waals surface area (Å²) in [5.74, 6) is -1.98. The van der Waals surface area contributed by atoms with Crippen LogP contribution in [0.15, 0.2) is 18.2 Å². The molecule has 0 aliphatic carbocycles. The van der Waals surface area contributed by atoms with Gasteiger partial charge in [-0.05, 0) is 11.5 Å². The van der Waals surface area contributed by atoms with Crippen molar-refractivity contribution in [2.45, 2.75) is 39.5 Å². The van der Waals surface area contributed by atoms with E-state index in [-0.39, 0.29) is 36.3 Å². The highest BCUT2D eigenvalue weighted by Gasteiger charge is 2.34. The van der Waals surface area contributed by atoms with Crippen LogP contribution in [0.4, 0.5) is 17.6 Å². The van der Waals surface area contributed by atoms with Crippen molar-refractivity contribution in [1.29, 1.82) is 0 Å². The van der Waals surface area contributed by atoms with E-state index in [9.17, 15) is 27.2 Å². The Labute approximate surface area is 181 Å². The summed E-state index contributed by atoms with van der Waals surface area (Å²) in [6.07, 6.45) is -4.50. The maximum Gasteiger partial charge on any atom is 0.411 e. The van der Waals surface area contributed by atoms with Crippen molar-refractivity contribution < 1.29 is 37.0 Å². The van der Waals surface area contributed by atoms with Crippen molar-refractivity contribution in [3.05, 3.63) is 29.7 Å². The summed E-state index contributed by atoms with van der Waals surface area (Å²) in [6.45, 7) is 2.82. The first-order valence-electron chi connectivity index (χ1n) is 9.84. The van der Waals surface area contributed by atoms with Crippen LogP contribution >= 0.6 is 0 Å². The van der Waals surface area contributed by atoms with Crippen LogP contribution in [-0.4, -0.2) is 65.3 Å². The summed E-state index contributed by atoms with van der Waals surface area (Å²) in [6, 6.07) is 2.96. The van der Waals surface area contributed by atoms with E-state index in [4.69, 9.17) is 5.11 Å². The summed E-state index contributed by atoms with van der Waals surface area (Å²) in [4.78, 5) is 25.4. The van der Waals surface area contributed by atoms with Crippen LogP contribution in [0.1, 0.15) is 31.3 Å². The highest BCUT2D eigenvalue weighted by molar-refractivity contribution is 6.06. The van der Waals surface area contributed by atoms with E-state index >= 15 is 0 Å². The first-order chi connectivity index (χ1) is 14.8. The fraction of sp³-hybridized carbons (Fsp3) is 0.550. The second-order valence-electron chi connectivity index (χ2n) is 8.16. The monoisotopic (exact) mass is 462 g/mol. The molecule has 0 aliphatic heterocycles. The number of amides is 2. The predicted octanol–water partition coefficient (Wildman–Crippen LogP) is 2.01. The van der Waals surface area contributed by atoms with Gasteiger partial charge in [0, 0.05) is 11.9 Å². The lowest BCUT2D eigenvalue weighted by Crippen LogP contribution is -2.54. The number of para-hydroxylation sites is 1. The Kier molecular flexibility index (Phi) is 8.18. The van der Waals surface area contributed by atoms with Gasteiger partial charge in [-0.25, -0.2) is 4.39 Å². The topological polar surface area (TPSA) is 105 Å². The van der Waals surface area contributed by atoms with E-state index in [1.165, 1.54) is 12.1 Å². The number of nitrogens with one attached hydrogen (secondary N) is 2. The van der Waals surface area contributed by atoms with Crippen molar-refractivity contribution in [2.75, 3.05) is 26.4 Å². The fourth-order valence-corrected chi connectivity index (χ4v) is 3.02. The number of carbonyl (C=O) groups is 2. The lowest BCUT2D eigenvalue weighted by molar-refractivity contribution is -0.174. The number of ether oxygens (including phenoxy) is 1. The molecule has 2 aromatic rings. The molecule has 32 heavy (non-hydrogen) atoms. The Morgan fingerprint density at radius 2 is 1.94 bits per heavy atom. The van der Waals surface area contributed by atoms with Crippen LogP contribution < -0.4 is 10.6 Å². The Morgan fingerprint density at radius 1 is 1.25 bits per heavy atom. The van der Waals surface area contributed by atoms with Gasteiger partial charge in [-0.1, -0.05) is 32.9 Å². The zero-order chi connectivity index (χ0) is 24.1. The second kappa shape index (κ2) is 10.3. The molecule has 0 spiro atoms. The minimum atomic E-state index is -4.50. The van der Waals surface area contributed by atoms with Gasteiger partial charge in [-0.3, -0.25) is 14.3 Å². The lowest BCUT2D eigenvalue weighted by Gasteiger charge is -2.30. The molecule has 2 amide bonds. The summed E-state index contributed by atoms with van der Waals surface area (Å²) >= 11 is 0. The van der Waals surface area contributed by atoms with Gasteiger partial charge in [0.25, 0.3) is 5.91 Å². The maximum atomic E-state index is 14.4. The molecule has 3 N–H and O–H groups in total. The number of aromatic nitrogens is 2. The van der Waals surface area contributed by atoms with Gasteiger partial charge in [0.2, 0.25) is 5.91 Å². The number of hydrogen-bond donors (Lipinski definition) is 3. The molecule has 0 saturated carbocycles. The van der Waals surface area contributed by atoms with Gasteiger partial charge < -0.3 is 20.5 Å². The van der Waals surface area contributed by atoms with E-state index in [2.05, 4.69) is 20.5 Å². The molecule has 1 aromatic heterocycles.